The van der Waals surface area contributed by atoms with Gasteiger partial charge in [-0.25, -0.2) is 18.2 Å². The van der Waals surface area contributed by atoms with Crippen molar-refractivity contribution in [2.75, 3.05) is 18.6 Å². The van der Waals surface area contributed by atoms with E-state index in [1.807, 2.05) is 0 Å². The summed E-state index contributed by atoms with van der Waals surface area (Å²) in [6.07, 6.45) is -0.243. The van der Waals surface area contributed by atoms with Gasteiger partial charge in [0.25, 0.3) is 12.3 Å². The highest BCUT2D eigenvalue weighted by Crippen LogP contribution is 2.38. The second kappa shape index (κ2) is 9.07. The Bertz CT molecular complexity index is 1020. The van der Waals surface area contributed by atoms with Gasteiger partial charge in [-0.05, 0) is 30.4 Å². The predicted molar refractivity (Wildman–Crippen MR) is 111 cm³/mol. The van der Waals surface area contributed by atoms with Gasteiger partial charge in [0.1, 0.15) is 12.6 Å². The van der Waals surface area contributed by atoms with Crippen LogP contribution >= 0.6 is 11.6 Å². The lowest BCUT2D eigenvalue weighted by Crippen LogP contribution is -2.64. The van der Waals surface area contributed by atoms with Crippen LogP contribution in [0.1, 0.15) is 30.4 Å². The summed E-state index contributed by atoms with van der Waals surface area (Å²) in [5.41, 5.74) is 0.496. The van der Waals surface area contributed by atoms with Gasteiger partial charge in [0.05, 0.1) is 11.1 Å². The molecule has 1 unspecified atom stereocenters. The van der Waals surface area contributed by atoms with E-state index in [-0.39, 0.29) is 47.4 Å². The third-order valence-electron chi connectivity index (χ3n) is 6.01. The Kier molecular flexibility index (Phi) is 6.39. The molecule has 2 fully saturated rings. The van der Waals surface area contributed by atoms with Gasteiger partial charge >= 0.3 is 0 Å². The van der Waals surface area contributed by atoms with Crippen LogP contribution in [-0.4, -0.2) is 47.5 Å². The number of alkyl halides is 2. The molecule has 1 saturated heterocycles. The summed E-state index contributed by atoms with van der Waals surface area (Å²) < 4.78 is 45.5. The van der Waals surface area contributed by atoms with Crippen LogP contribution in [0.3, 0.4) is 0 Å². The minimum atomic E-state index is -2.59. The van der Waals surface area contributed by atoms with Gasteiger partial charge < -0.3 is 9.64 Å². The number of carbonyl (C=O) groups excluding carboxylic acids is 2. The van der Waals surface area contributed by atoms with Crippen LogP contribution in [0, 0.1) is 11.7 Å². The first-order chi connectivity index (χ1) is 15.3. The first-order valence-electron chi connectivity index (χ1n) is 10.1. The molecular formula is C22H21ClF3N3O3. The monoisotopic (exact) mass is 467 g/mol. The number of hydrogen-bond donors (Lipinski definition) is 0. The van der Waals surface area contributed by atoms with Crippen molar-refractivity contribution in [1.29, 1.82) is 0 Å². The molecule has 0 N–H and O–H groups in total. The molecule has 32 heavy (non-hydrogen) atoms. The lowest BCUT2D eigenvalue weighted by atomic mass is 9.75. The number of ether oxygens (including phenoxy) is 1. The zero-order valence-corrected chi connectivity index (χ0v) is 17.9. The third-order valence-corrected chi connectivity index (χ3v) is 6.22. The molecule has 1 aliphatic carbocycles. The quantitative estimate of drug-likeness (QED) is 0.644. The van der Waals surface area contributed by atoms with Crippen molar-refractivity contribution in [2.45, 2.75) is 38.0 Å². The Morgan fingerprint density at radius 1 is 1.22 bits per heavy atom. The van der Waals surface area contributed by atoms with E-state index in [4.69, 9.17) is 16.3 Å². The van der Waals surface area contributed by atoms with Crippen molar-refractivity contribution < 1.29 is 27.5 Å². The number of anilines is 1. The largest absolute Gasteiger partial charge is 0.381 e. The van der Waals surface area contributed by atoms with Crippen molar-refractivity contribution in [3.8, 4) is 0 Å². The summed E-state index contributed by atoms with van der Waals surface area (Å²) in [4.78, 5) is 32.9. The first-order valence-corrected chi connectivity index (χ1v) is 10.5. The molecule has 1 aromatic heterocycles. The van der Waals surface area contributed by atoms with Gasteiger partial charge in [0.2, 0.25) is 5.91 Å². The summed E-state index contributed by atoms with van der Waals surface area (Å²) in [6.45, 7) is -0.298. The average molecular weight is 468 g/mol. The van der Waals surface area contributed by atoms with E-state index < -0.39 is 24.2 Å². The van der Waals surface area contributed by atoms with Crippen molar-refractivity contribution in [2.24, 2.45) is 5.92 Å². The van der Waals surface area contributed by atoms with Crippen molar-refractivity contribution >= 4 is 29.2 Å². The molecule has 6 nitrogen and oxygen atoms in total. The van der Waals surface area contributed by atoms with E-state index in [0.29, 0.717) is 18.4 Å². The maximum Gasteiger partial charge on any atom is 0.263 e. The maximum absolute atomic E-state index is 14.5. The number of aromatic nitrogens is 1. The fraction of sp³-hybridized carbons (Fsp3) is 0.409. The van der Waals surface area contributed by atoms with Gasteiger partial charge in [0, 0.05) is 25.4 Å². The zero-order valence-electron chi connectivity index (χ0n) is 17.2. The van der Waals surface area contributed by atoms with Crippen LogP contribution in [0.4, 0.5) is 19.0 Å². The molecule has 1 aromatic carbocycles. The molecule has 2 amide bonds. The Morgan fingerprint density at radius 2 is 1.91 bits per heavy atom. The third kappa shape index (κ3) is 4.31. The van der Waals surface area contributed by atoms with E-state index in [2.05, 4.69) is 4.98 Å². The van der Waals surface area contributed by atoms with Crippen LogP contribution in [0.2, 0.25) is 5.02 Å². The molecule has 2 aliphatic rings. The van der Waals surface area contributed by atoms with Crippen molar-refractivity contribution in [3.05, 3.63) is 58.5 Å². The predicted octanol–water partition coefficient (Wildman–Crippen LogP) is 3.98. The van der Waals surface area contributed by atoms with Crippen LogP contribution in [0.15, 0.2) is 36.5 Å². The highest BCUT2D eigenvalue weighted by Gasteiger charge is 2.49. The van der Waals surface area contributed by atoms with E-state index >= 15 is 0 Å². The summed E-state index contributed by atoms with van der Waals surface area (Å²) in [5, 5.41) is 0.0781. The number of carbonyl (C=O) groups is 2. The van der Waals surface area contributed by atoms with Gasteiger partial charge in [-0.3, -0.25) is 14.5 Å². The SMILES string of the molecule is COC1CC(C2C(=O)N(c3ncc(Cl)cc3F)CC(=O)N2Cc2ccc(C(F)F)cc2)C1. The summed E-state index contributed by atoms with van der Waals surface area (Å²) in [7, 11) is 1.58. The number of benzene rings is 1. The molecule has 0 spiro atoms. The second-order valence-electron chi connectivity index (χ2n) is 7.98. The first kappa shape index (κ1) is 22.5. The molecule has 0 bridgehead atoms. The van der Waals surface area contributed by atoms with Gasteiger partial charge in [-0.1, -0.05) is 35.9 Å². The Labute approximate surface area is 187 Å². The molecular weight excluding hydrogens is 447 g/mol. The number of nitrogens with zero attached hydrogens (tertiary/aromatic N) is 3. The number of halogens is 4. The number of rotatable bonds is 6. The summed E-state index contributed by atoms with van der Waals surface area (Å²) in [6, 6.07) is 5.83. The Balaban J connectivity index is 1.62. The molecule has 4 rings (SSSR count). The van der Waals surface area contributed by atoms with E-state index in [0.717, 1.165) is 11.0 Å². The number of methoxy groups -OCH3 is 1. The van der Waals surface area contributed by atoms with E-state index in [9.17, 15) is 22.8 Å². The molecule has 170 valence electrons. The minimum absolute atomic E-state index is 0.0177. The van der Waals surface area contributed by atoms with E-state index in [1.54, 1.807) is 7.11 Å². The fourth-order valence-electron chi connectivity index (χ4n) is 4.20. The van der Waals surface area contributed by atoms with Gasteiger partial charge in [-0.15, -0.1) is 0 Å². The van der Waals surface area contributed by atoms with Crippen molar-refractivity contribution in [3.63, 3.8) is 0 Å². The normalized spacial score (nSPS) is 23.6. The maximum atomic E-state index is 14.5. The van der Waals surface area contributed by atoms with Crippen LogP contribution in [-0.2, 0) is 20.9 Å². The average Bonchev–Trinajstić information content (AvgIpc) is 2.72. The Morgan fingerprint density at radius 3 is 2.50 bits per heavy atom. The molecule has 0 radical (unpaired) electrons. The summed E-state index contributed by atoms with van der Waals surface area (Å²) in [5.74, 6) is -2.04. The molecule has 1 atom stereocenters. The standard InChI is InChI=1S/C22H21ClF3N3O3/c1-32-16-6-14(7-16)19-22(31)29(21-17(24)8-15(23)9-27-21)11-18(30)28(19)10-12-2-4-13(5-3-12)20(25)26/h2-5,8-9,14,16,19-20H,6-7,10-11H2,1H3. The van der Waals surface area contributed by atoms with Crippen LogP contribution in [0.5, 0.6) is 0 Å². The summed E-state index contributed by atoms with van der Waals surface area (Å²) >= 11 is 5.77. The number of pyridine rings is 1. The fourth-order valence-corrected chi connectivity index (χ4v) is 4.35. The number of piperazine rings is 1. The van der Waals surface area contributed by atoms with Crippen LogP contribution < -0.4 is 4.90 Å². The molecule has 10 heteroatoms. The molecule has 2 aromatic rings. The smallest absolute Gasteiger partial charge is 0.263 e. The highest BCUT2D eigenvalue weighted by atomic mass is 35.5. The second-order valence-corrected chi connectivity index (χ2v) is 8.42. The number of hydrogen-bond acceptors (Lipinski definition) is 4. The lowest BCUT2D eigenvalue weighted by Gasteiger charge is -2.47. The molecule has 2 heterocycles. The minimum Gasteiger partial charge on any atom is -0.381 e. The molecule has 1 saturated carbocycles. The topological polar surface area (TPSA) is 62.7 Å². The van der Waals surface area contributed by atoms with Gasteiger partial charge in [-0.2, -0.15) is 0 Å². The zero-order chi connectivity index (χ0) is 23.0. The number of amides is 2. The van der Waals surface area contributed by atoms with Crippen LogP contribution in [0.25, 0.3) is 0 Å². The van der Waals surface area contributed by atoms with E-state index in [1.165, 1.54) is 35.4 Å². The highest BCUT2D eigenvalue weighted by molar-refractivity contribution is 6.30. The van der Waals surface area contributed by atoms with Gasteiger partial charge in [0.15, 0.2) is 11.6 Å². The molecule has 1 aliphatic heterocycles. The lowest BCUT2D eigenvalue weighted by molar-refractivity contribution is -0.150. The van der Waals surface area contributed by atoms with Crippen molar-refractivity contribution in [1.82, 2.24) is 9.88 Å². The Hall–Kier alpha value is -2.65.